The number of phenolic OH excluding ortho intramolecular Hbond substituents is 1. The second kappa shape index (κ2) is 6.34. The first-order valence-electron chi connectivity index (χ1n) is 6.72. The number of phenols is 1. The molecule has 1 saturated heterocycles. The zero-order valence-electron chi connectivity index (χ0n) is 11.6. The number of hydrogen-bond acceptors (Lipinski definition) is 4. The number of thiocarbonyl (C=S) groups is 1. The molecule has 0 saturated carbocycles. The lowest BCUT2D eigenvalue weighted by molar-refractivity contribution is -0.122. The molecule has 1 fully saturated rings. The van der Waals surface area contributed by atoms with Crippen LogP contribution >= 0.6 is 24.0 Å². The third-order valence-corrected chi connectivity index (χ3v) is 4.66. The van der Waals surface area contributed by atoms with E-state index in [4.69, 9.17) is 12.2 Å². The summed E-state index contributed by atoms with van der Waals surface area (Å²) < 4.78 is 0.538. The Morgan fingerprint density at radius 2 is 1.77 bits per heavy atom. The van der Waals surface area contributed by atoms with Gasteiger partial charge in [-0.3, -0.25) is 9.69 Å². The summed E-state index contributed by atoms with van der Waals surface area (Å²) >= 11 is 6.57. The first-order chi connectivity index (χ1) is 10.6. The van der Waals surface area contributed by atoms with Crippen molar-refractivity contribution in [3.63, 3.8) is 0 Å². The molecule has 0 aromatic heterocycles. The SMILES string of the molecule is O=C1/C(=C/c2ccccc2O)SC(=S)N1Cc1ccccc1. The Morgan fingerprint density at radius 3 is 2.50 bits per heavy atom. The summed E-state index contributed by atoms with van der Waals surface area (Å²) in [6.45, 7) is 0.462. The fraction of sp³-hybridized carbons (Fsp3) is 0.0588. The Hall–Kier alpha value is -2.11. The van der Waals surface area contributed by atoms with Crippen molar-refractivity contribution in [2.45, 2.75) is 6.54 Å². The van der Waals surface area contributed by atoms with E-state index in [2.05, 4.69) is 0 Å². The molecule has 22 heavy (non-hydrogen) atoms. The van der Waals surface area contributed by atoms with Gasteiger partial charge in [0.1, 0.15) is 10.1 Å². The van der Waals surface area contributed by atoms with Crippen molar-refractivity contribution in [1.29, 1.82) is 0 Å². The molecule has 1 amide bonds. The summed E-state index contributed by atoms with van der Waals surface area (Å²) in [7, 11) is 0. The molecule has 0 bridgehead atoms. The van der Waals surface area contributed by atoms with Crippen LogP contribution in [0.3, 0.4) is 0 Å². The van der Waals surface area contributed by atoms with Gasteiger partial charge in [-0.1, -0.05) is 72.5 Å². The molecule has 0 atom stereocenters. The van der Waals surface area contributed by atoms with E-state index in [9.17, 15) is 9.90 Å². The third-order valence-electron chi connectivity index (χ3n) is 3.28. The van der Waals surface area contributed by atoms with Gasteiger partial charge in [-0.25, -0.2) is 0 Å². The molecule has 3 rings (SSSR count). The summed E-state index contributed by atoms with van der Waals surface area (Å²) in [6, 6.07) is 16.7. The first-order valence-corrected chi connectivity index (χ1v) is 7.95. The number of carbonyl (C=O) groups is 1. The van der Waals surface area contributed by atoms with Gasteiger partial charge in [0.05, 0.1) is 11.4 Å². The van der Waals surface area contributed by atoms with Crippen LogP contribution in [0.5, 0.6) is 5.75 Å². The maximum absolute atomic E-state index is 12.5. The molecule has 110 valence electrons. The number of aromatic hydroxyl groups is 1. The Morgan fingerprint density at radius 1 is 1.09 bits per heavy atom. The number of carbonyl (C=O) groups excluding carboxylic acids is 1. The van der Waals surface area contributed by atoms with Gasteiger partial charge in [0.25, 0.3) is 5.91 Å². The lowest BCUT2D eigenvalue weighted by Gasteiger charge is -2.14. The normalized spacial score (nSPS) is 16.5. The van der Waals surface area contributed by atoms with E-state index in [0.717, 1.165) is 5.56 Å². The van der Waals surface area contributed by atoms with Gasteiger partial charge in [-0.05, 0) is 17.7 Å². The number of para-hydroxylation sites is 1. The minimum atomic E-state index is -0.123. The lowest BCUT2D eigenvalue weighted by Crippen LogP contribution is -2.27. The number of benzene rings is 2. The number of thioether (sulfide) groups is 1. The largest absolute Gasteiger partial charge is 0.507 e. The van der Waals surface area contributed by atoms with E-state index in [1.54, 1.807) is 29.2 Å². The van der Waals surface area contributed by atoms with Gasteiger partial charge in [0.15, 0.2) is 0 Å². The van der Waals surface area contributed by atoms with Gasteiger partial charge in [0.2, 0.25) is 0 Å². The molecule has 0 spiro atoms. The summed E-state index contributed by atoms with van der Waals surface area (Å²) in [5.41, 5.74) is 1.64. The molecule has 0 unspecified atom stereocenters. The van der Waals surface area contributed by atoms with Gasteiger partial charge in [0, 0.05) is 5.56 Å². The van der Waals surface area contributed by atoms with Crippen LogP contribution in [0.15, 0.2) is 59.5 Å². The molecule has 1 N–H and O–H groups in total. The summed E-state index contributed by atoms with van der Waals surface area (Å²) in [5, 5.41) is 9.81. The Kier molecular flexibility index (Phi) is 4.27. The highest BCUT2D eigenvalue weighted by atomic mass is 32.2. The van der Waals surface area contributed by atoms with Crippen LogP contribution < -0.4 is 0 Å². The van der Waals surface area contributed by atoms with Crippen molar-refractivity contribution >= 4 is 40.3 Å². The Labute approximate surface area is 138 Å². The van der Waals surface area contributed by atoms with Crippen molar-refractivity contribution < 1.29 is 9.90 Å². The standard InChI is InChI=1S/C17H13NO2S2/c19-14-9-5-4-8-13(14)10-15-16(20)18(17(21)22-15)11-12-6-2-1-3-7-12/h1-10,19H,11H2/b15-10-. The van der Waals surface area contributed by atoms with E-state index in [0.29, 0.717) is 21.3 Å². The van der Waals surface area contributed by atoms with Crippen molar-refractivity contribution in [2.75, 3.05) is 0 Å². The zero-order valence-corrected chi connectivity index (χ0v) is 13.2. The summed E-state index contributed by atoms with van der Waals surface area (Å²) in [4.78, 5) is 14.6. The van der Waals surface area contributed by atoms with Crippen LogP contribution in [-0.4, -0.2) is 20.2 Å². The molecule has 2 aromatic carbocycles. The van der Waals surface area contributed by atoms with E-state index in [1.807, 2.05) is 36.4 Å². The molecule has 2 aromatic rings. The van der Waals surface area contributed by atoms with Crippen molar-refractivity contribution in [3.05, 3.63) is 70.6 Å². The zero-order chi connectivity index (χ0) is 15.5. The maximum Gasteiger partial charge on any atom is 0.266 e. The number of nitrogens with zero attached hydrogens (tertiary/aromatic N) is 1. The van der Waals surface area contributed by atoms with E-state index < -0.39 is 0 Å². The van der Waals surface area contributed by atoms with Crippen LogP contribution in [0, 0.1) is 0 Å². The average Bonchev–Trinajstić information content (AvgIpc) is 2.78. The smallest absolute Gasteiger partial charge is 0.266 e. The molecule has 1 heterocycles. The third kappa shape index (κ3) is 3.05. The van der Waals surface area contributed by atoms with Crippen LogP contribution in [0.4, 0.5) is 0 Å². The predicted octanol–water partition coefficient (Wildman–Crippen LogP) is 3.79. The Bertz CT molecular complexity index is 756. The Balaban J connectivity index is 1.84. The molecule has 5 heteroatoms. The molecular weight excluding hydrogens is 314 g/mol. The highest BCUT2D eigenvalue weighted by Crippen LogP contribution is 2.34. The molecule has 1 aliphatic rings. The predicted molar refractivity (Wildman–Crippen MR) is 93.3 cm³/mol. The molecular formula is C17H13NO2S2. The second-order valence-electron chi connectivity index (χ2n) is 4.81. The highest BCUT2D eigenvalue weighted by Gasteiger charge is 2.32. The monoisotopic (exact) mass is 327 g/mol. The summed E-state index contributed by atoms with van der Waals surface area (Å²) in [6.07, 6.45) is 1.68. The quantitative estimate of drug-likeness (QED) is 0.688. The van der Waals surface area contributed by atoms with Crippen LogP contribution in [0.1, 0.15) is 11.1 Å². The first kappa shape index (κ1) is 14.8. The molecule has 3 nitrogen and oxygen atoms in total. The fourth-order valence-electron chi connectivity index (χ4n) is 2.15. The highest BCUT2D eigenvalue weighted by molar-refractivity contribution is 8.26. The minimum Gasteiger partial charge on any atom is -0.507 e. The molecule has 0 radical (unpaired) electrons. The van der Waals surface area contributed by atoms with Crippen molar-refractivity contribution in [2.24, 2.45) is 0 Å². The van der Waals surface area contributed by atoms with Crippen molar-refractivity contribution in [3.8, 4) is 5.75 Å². The summed E-state index contributed by atoms with van der Waals surface area (Å²) in [5.74, 6) is 0.0259. The number of hydrogen-bond donors (Lipinski definition) is 1. The number of amides is 1. The van der Waals surface area contributed by atoms with Gasteiger partial charge in [-0.15, -0.1) is 0 Å². The van der Waals surface area contributed by atoms with Gasteiger partial charge in [-0.2, -0.15) is 0 Å². The van der Waals surface area contributed by atoms with Crippen molar-refractivity contribution in [1.82, 2.24) is 4.90 Å². The maximum atomic E-state index is 12.5. The van der Waals surface area contributed by atoms with Crippen LogP contribution in [0.25, 0.3) is 6.08 Å². The second-order valence-corrected chi connectivity index (χ2v) is 6.49. The topological polar surface area (TPSA) is 40.5 Å². The molecule has 0 aliphatic carbocycles. The van der Waals surface area contributed by atoms with Gasteiger partial charge >= 0.3 is 0 Å². The number of rotatable bonds is 3. The fourth-order valence-corrected chi connectivity index (χ4v) is 3.40. The van der Waals surface area contributed by atoms with Crippen LogP contribution in [-0.2, 0) is 11.3 Å². The average molecular weight is 327 g/mol. The van der Waals surface area contributed by atoms with Gasteiger partial charge < -0.3 is 5.11 Å². The minimum absolute atomic E-state index is 0.123. The van der Waals surface area contributed by atoms with E-state index in [1.165, 1.54) is 11.8 Å². The van der Waals surface area contributed by atoms with E-state index >= 15 is 0 Å². The van der Waals surface area contributed by atoms with E-state index in [-0.39, 0.29) is 11.7 Å². The van der Waals surface area contributed by atoms with Crippen LogP contribution in [0.2, 0.25) is 0 Å². The lowest BCUT2D eigenvalue weighted by atomic mass is 10.2. The molecule has 1 aliphatic heterocycles.